The average molecular weight is 407 g/mol. The standard InChI is InChI=1S/C22H21N3O3S/c1-3-4-11-28-17-9-10-18-20(13-17)29-22(24-18)25-21(26)16(14-23)12-15-7-5-6-8-19(15)27-2/h5-10,12-13H,3-4,11H2,1-2H3,(H,24,25,26)/b16-12+. The van der Waals surface area contributed by atoms with Crippen molar-refractivity contribution in [2.75, 3.05) is 19.0 Å². The number of nitriles is 1. The van der Waals surface area contributed by atoms with E-state index in [1.54, 1.807) is 19.2 Å². The molecule has 0 saturated heterocycles. The minimum atomic E-state index is -0.517. The number of carbonyl (C=O) groups is 1. The summed E-state index contributed by atoms with van der Waals surface area (Å²) in [6.45, 7) is 2.78. The highest BCUT2D eigenvalue weighted by Gasteiger charge is 2.14. The molecule has 7 heteroatoms. The largest absolute Gasteiger partial charge is 0.496 e. The van der Waals surface area contributed by atoms with E-state index >= 15 is 0 Å². The number of hydrogen-bond donors (Lipinski definition) is 1. The van der Waals surface area contributed by atoms with Crippen LogP contribution in [0.3, 0.4) is 0 Å². The molecule has 0 fully saturated rings. The molecule has 1 heterocycles. The topological polar surface area (TPSA) is 84.2 Å². The van der Waals surface area contributed by atoms with Gasteiger partial charge < -0.3 is 9.47 Å². The lowest BCUT2D eigenvalue weighted by Gasteiger charge is -2.05. The Labute approximate surface area is 173 Å². The molecule has 0 aliphatic rings. The normalized spacial score (nSPS) is 11.1. The molecule has 0 unspecified atom stereocenters. The molecule has 0 spiro atoms. The van der Waals surface area contributed by atoms with Gasteiger partial charge in [0.25, 0.3) is 5.91 Å². The Hall–Kier alpha value is -3.37. The van der Waals surface area contributed by atoms with E-state index in [2.05, 4.69) is 17.2 Å². The van der Waals surface area contributed by atoms with Crippen molar-refractivity contribution in [3.8, 4) is 17.6 Å². The first-order valence-corrected chi connectivity index (χ1v) is 10.1. The smallest absolute Gasteiger partial charge is 0.268 e. The molecule has 0 saturated carbocycles. The van der Waals surface area contributed by atoms with Crippen LogP contribution >= 0.6 is 11.3 Å². The Bertz CT molecular complexity index is 1080. The molecule has 6 nitrogen and oxygen atoms in total. The fourth-order valence-corrected chi connectivity index (χ4v) is 3.53. The molecule has 0 atom stereocenters. The summed E-state index contributed by atoms with van der Waals surface area (Å²) >= 11 is 1.34. The Morgan fingerprint density at radius 1 is 1.31 bits per heavy atom. The number of ether oxygens (including phenoxy) is 2. The number of methoxy groups -OCH3 is 1. The number of nitrogens with zero attached hydrogens (tertiary/aromatic N) is 2. The third-order valence-corrected chi connectivity index (χ3v) is 5.08. The van der Waals surface area contributed by atoms with Crippen molar-refractivity contribution in [2.24, 2.45) is 0 Å². The molecule has 0 bridgehead atoms. The minimum absolute atomic E-state index is 0.0302. The highest BCUT2D eigenvalue weighted by Crippen LogP contribution is 2.30. The highest BCUT2D eigenvalue weighted by molar-refractivity contribution is 7.22. The van der Waals surface area contributed by atoms with Crippen LogP contribution in [0, 0.1) is 11.3 Å². The van der Waals surface area contributed by atoms with Crippen molar-refractivity contribution >= 4 is 38.7 Å². The fourth-order valence-electron chi connectivity index (χ4n) is 2.64. The fraction of sp³-hybridized carbons (Fsp3) is 0.227. The van der Waals surface area contributed by atoms with E-state index in [4.69, 9.17) is 9.47 Å². The number of carbonyl (C=O) groups excluding carboxylic acids is 1. The predicted octanol–water partition coefficient (Wildman–Crippen LogP) is 5.03. The van der Waals surface area contributed by atoms with E-state index in [-0.39, 0.29) is 5.57 Å². The van der Waals surface area contributed by atoms with Gasteiger partial charge in [-0.25, -0.2) is 4.98 Å². The summed E-state index contributed by atoms with van der Waals surface area (Å²) in [5.41, 5.74) is 1.39. The average Bonchev–Trinajstić information content (AvgIpc) is 3.13. The maximum atomic E-state index is 12.6. The van der Waals surface area contributed by atoms with Gasteiger partial charge >= 0.3 is 0 Å². The maximum absolute atomic E-state index is 12.6. The van der Waals surface area contributed by atoms with Gasteiger partial charge in [-0.05, 0) is 36.8 Å². The summed E-state index contributed by atoms with van der Waals surface area (Å²) in [7, 11) is 1.54. The first-order valence-electron chi connectivity index (χ1n) is 9.24. The summed E-state index contributed by atoms with van der Waals surface area (Å²) in [5, 5.41) is 12.6. The van der Waals surface area contributed by atoms with Gasteiger partial charge in [-0.1, -0.05) is 42.9 Å². The van der Waals surface area contributed by atoms with Crippen LogP contribution in [0.1, 0.15) is 25.3 Å². The summed E-state index contributed by atoms with van der Waals surface area (Å²) in [6, 6.07) is 14.8. The Balaban J connectivity index is 1.77. The number of amides is 1. The van der Waals surface area contributed by atoms with Gasteiger partial charge in [-0.3, -0.25) is 10.1 Å². The number of thiazole rings is 1. The molecule has 29 heavy (non-hydrogen) atoms. The first-order chi connectivity index (χ1) is 14.1. The van der Waals surface area contributed by atoms with Crippen molar-refractivity contribution < 1.29 is 14.3 Å². The number of aromatic nitrogens is 1. The van der Waals surface area contributed by atoms with Crippen LogP contribution in [0.5, 0.6) is 11.5 Å². The zero-order chi connectivity index (χ0) is 20.6. The quantitative estimate of drug-likeness (QED) is 0.322. The van der Waals surface area contributed by atoms with Crippen molar-refractivity contribution in [1.29, 1.82) is 5.26 Å². The molecule has 1 aromatic heterocycles. The molecule has 3 rings (SSSR count). The van der Waals surface area contributed by atoms with Gasteiger partial charge in [0.1, 0.15) is 23.1 Å². The lowest BCUT2D eigenvalue weighted by molar-refractivity contribution is -0.112. The monoisotopic (exact) mass is 407 g/mol. The van der Waals surface area contributed by atoms with Crippen molar-refractivity contribution in [1.82, 2.24) is 4.98 Å². The number of fused-ring (bicyclic) bond motifs is 1. The second-order valence-electron chi connectivity index (χ2n) is 6.22. The van der Waals surface area contributed by atoms with E-state index in [1.165, 1.54) is 17.4 Å². The van der Waals surface area contributed by atoms with Gasteiger partial charge in [-0.15, -0.1) is 0 Å². The zero-order valence-corrected chi connectivity index (χ0v) is 17.1. The van der Waals surface area contributed by atoms with Gasteiger partial charge in [0.2, 0.25) is 0 Å². The summed E-state index contributed by atoms with van der Waals surface area (Å²) in [4.78, 5) is 17.0. The molecular weight excluding hydrogens is 386 g/mol. The number of anilines is 1. The highest BCUT2D eigenvalue weighted by atomic mass is 32.1. The van der Waals surface area contributed by atoms with Crippen LogP contribution in [-0.4, -0.2) is 24.6 Å². The molecule has 148 valence electrons. The van der Waals surface area contributed by atoms with Crippen molar-refractivity contribution in [3.63, 3.8) is 0 Å². The molecular formula is C22H21N3O3S. The van der Waals surface area contributed by atoms with Crippen LogP contribution in [0.15, 0.2) is 48.0 Å². The molecule has 0 radical (unpaired) electrons. The summed E-state index contributed by atoms with van der Waals surface area (Å²) in [6.07, 6.45) is 3.57. The molecule has 0 aliphatic heterocycles. The summed E-state index contributed by atoms with van der Waals surface area (Å²) < 4.78 is 11.9. The third kappa shape index (κ3) is 5.12. The number of benzene rings is 2. The Morgan fingerprint density at radius 2 is 2.14 bits per heavy atom. The molecule has 3 aromatic rings. The minimum Gasteiger partial charge on any atom is -0.496 e. The van der Waals surface area contributed by atoms with E-state index in [9.17, 15) is 10.1 Å². The number of para-hydroxylation sites is 1. The van der Waals surface area contributed by atoms with Gasteiger partial charge in [-0.2, -0.15) is 5.26 Å². The van der Waals surface area contributed by atoms with Crippen LogP contribution in [0.25, 0.3) is 16.3 Å². The first kappa shape index (κ1) is 20.4. The molecule has 1 amide bonds. The van der Waals surface area contributed by atoms with Gasteiger partial charge in [0.05, 0.1) is 23.9 Å². The molecule has 2 aromatic carbocycles. The van der Waals surface area contributed by atoms with Crippen LogP contribution < -0.4 is 14.8 Å². The predicted molar refractivity (Wildman–Crippen MR) is 115 cm³/mol. The van der Waals surface area contributed by atoms with E-state index in [0.717, 1.165) is 28.8 Å². The molecule has 1 N–H and O–H groups in total. The maximum Gasteiger partial charge on any atom is 0.268 e. The lowest BCUT2D eigenvalue weighted by atomic mass is 10.1. The van der Waals surface area contributed by atoms with Gasteiger partial charge in [0, 0.05) is 5.56 Å². The van der Waals surface area contributed by atoms with Crippen molar-refractivity contribution in [2.45, 2.75) is 19.8 Å². The van der Waals surface area contributed by atoms with Crippen LogP contribution in [0.4, 0.5) is 5.13 Å². The van der Waals surface area contributed by atoms with E-state index in [1.807, 2.05) is 36.4 Å². The Kier molecular flexibility index (Phi) is 6.82. The van der Waals surface area contributed by atoms with Gasteiger partial charge in [0.15, 0.2) is 5.13 Å². The van der Waals surface area contributed by atoms with E-state index < -0.39 is 5.91 Å². The number of nitrogens with one attached hydrogen (secondary N) is 1. The Morgan fingerprint density at radius 3 is 2.90 bits per heavy atom. The number of hydrogen-bond acceptors (Lipinski definition) is 6. The molecule has 0 aliphatic carbocycles. The van der Waals surface area contributed by atoms with Crippen LogP contribution in [0.2, 0.25) is 0 Å². The third-order valence-electron chi connectivity index (χ3n) is 4.15. The van der Waals surface area contributed by atoms with Crippen LogP contribution in [-0.2, 0) is 4.79 Å². The summed E-state index contributed by atoms with van der Waals surface area (Å²) in [5.74, 6) is 0.849. The van der Waals surface area contributed by atoms with Crippen molar-refractivity contribution in [3.05, 3.63) is 53.6 Å². The zero-order valence-electron chi connectivity index (χ0n) is 16.3. The SMILES string of the molecule is CCCCOc1ccc2nc(NC(=O)/C(C#N)=C/c3ccccc3OC)sc2c1. The second kappa shape index (κ2) is 9.71. The number of rotatable bonds is 8. The lowest BCUT2D eigenvalue weighted by Crippen LogP contribution is -2.13. The number of unbranched alkanes of at least 4 members (excludes halogenated alkanes) is 1. The second-order valence-corrected chi connectivity index (χ2v) is 7.25. The van der Waals surface area contributed by atoms with E-state index in [0.29, 0.717) is 23.1 Å².